The monoisotopic (exact) mass is 206 g/mol. The minimum Gasteiger partial charge on any atom is -0.378 e. The third kappa shape index (κ3) is 1.24. The molecule has 1 aromatic rings. The van der Waals surface area contributed by atoms with Gasteiger partial charge in [-0.1, -0.05) is 0 Å². The van der Waals surface area contributed by atoms with Crippen LogP contribution in [0.15, 0.2) is 0 Å². The second-order valence-electron chi connectivity index (χ2n) is 5.10. The van der Waals surface area contributed by atoms with Crippen molar-refractivity contribution in [3.63, 3.8) is 0 Å². The largest absolute Gasteiger partial charge is 0.378 e. The summed E-state index contributed by atoms with van der Waals surface area (Å²) >= 11 is 0. The third-order valence-corrected chi connectivity index (χ3v) is 3.74. The predicted octanol–water partition coefficient (Wildman–Crippen LogP) is 1.73. The molecule has 1 fully saturated rings. The van der Waals surface area contributed by atoms with Crippen molar-refractivity contribution in [3.8, 4) is 0 Å². The fraction of sp³-hybridized carbons (Fsp3) is 0.727. The van der Waals surface area contributed by atoms with E-state index in [1.54, 1.807) is 0 Å². The van der Waals surface area contributed by atoms with Crippen molar-refractivity contribution in [2.24, 2.45) is 13.0 Å². The lowest BCUT2D eigenvalue weighted by atomic mass is 9.93. The van der Waals surface area contributed by atoms with E-state index < -0.39 is 0 Å². The Morgan fingerprint density at radius 2 is 2.20 bits per heavy atom. The molecule has 1 saturated carbocycles. The second kappa shape index (κ2) is 2.68. The summed E-state index contributed by atoms with van der Waals surface area (Å²) in [6.45, 7) is 5.37. The molecule has 82 valence electrons. The van der Waals surface area contributed by atoms with Crippen molar-refractivity contribution in [3.05, 3.63) is 5.69 Å². The van der Waals surface area contributed by atoms with Crippen LogP contribution in [0, 0.1) is 12.8 Å². The van der Waals surface area contributed by atoms with Crippen LogP contribution in [0.5, 0.6) is 0 Å². The lowest BCUT2D eigenvalue weighted by molar-refractivity contribution is 0.460. The van der Waals surface area contributed by atoms with Crippen LogP contribution in [0.2, 0.25) is 0 Å². The van der Waals surface area contributed by atoms with Crippen LogP contribution in [0.1, 0.15) is 25.5 Å². The van der Waals surface area contributed by atoms with Gasteiger partial charge in [0.1, 0.15) is 11.5 Å². The van der Waals surface area contributed by atoms with Crippen molar-refractivity contribution in [1.29, 1.82) is 0 Å². The first-order valence-corrected chi connectivity index (χ1v) is 5.66. The van der Waals surface area contributed by atoms with E-state index in [2.05, 4.69) is 22.7 Å². The number of rotatable bonds is 1. The molecule has 1 aliphatic carbocycles. The van der Waals surface area contributed by atoms with Gasteiger partial charge in [0.25, 0.3) is 0 Å². The molecule has 1 atom stereocenters. The van der Waals surface area contributed by atoms with Gasteiger partial charge in [-0.05, 0) is 32.6 Å². The highest BCUT2D eigenvalue weighted by atomic mass is 15.4. The van der Waals surface area contributed by atoms with E-state index in [0.29, 0.717) is 0 Å². The molecule has 0 aromatic carbocycles. The fourth-order valence-corrected chi connectivity index (χ4v) is 2.57. The summed E-state index contributed by atoms with van der Waals surface area (Å²) < 4.78 is 1.94. The van der Waals surface area contributed by atoms with Crippen LogP contribution in [0.25, 0.3) is 0 Å². The zero-order chi connectivity index (χ0) is 10.6. The average molecular weight is 206 g/mol. The maximum Gasteiger partial charge on any atom is 0.148 e. The quantitative estimate of drug-likeness (QED) is 0.735. The molecule has 2 heterocycles. The highest BCUT2D eigenvalue weighted by Gasteiger charge is 2.44. The van der Waals surface area contributed by atoms with E-state index in [9.17, 15) is 0 Å². The number of aryl methyl sites for hydroxylation is 2. The lowest BCUT2D eigenvalue weighted by Gasteiger charge is -2.37. The topological polar surface area (TPSA) is 41.9 Å². The summed E-state index contributed by atoms with van der Waals surface area (Å²) in [6.07, 6.45) is 2.72. The molecule has 0 amide bonds. The van der Waals surface area contributed by atoms with Gasteiger partial charge in [-0.3, -0.25) is 4.68 Å². The first-order chi connectivity index (χ1) is 7.10. The van der Waals surface area contributed by atoms with Crippen LogP contribution in [0.4, 0.5) is 11.5 Å². The minimum atomic E-state index is 0.216. The van der Waals surface area contributed by atoms with E-state index in [4.69, 9.17) is 0 Å². The highest BCUT2D eigenvalue weighted by Crippen LogP contribution is 2.45. The van der Waals surface area contributed by atoms with Crippen LogP contribution in [-0.2, 0) is 7.05 Å². The van der Waals surface area contributed by atoms with E-state index >= 15 is 0 Å². The van der Waals surface area contributed by atoms with Crippen molar-refractivity contribution in [1.82, 2.24) is 9.78 Å². The smallest absolute Gasteiger partial charge is 0.148 e. The van der Waals surface area contributed by atoms with Crippen LogP contribution in [0.3, 0.4) is 0 Å². The van der Waals surface area contributed by atoms with Gasteiger partial charge in [-0.25, -0.2) is 0 Å². The molecule has 4 nitrogen and oxygen atoms in total. The van der Waals surface area contributed by atoms with Crippen molar-refractivity contribution in [2.45, 2.75) is 32.2 Å². The molecule has 15 heavy (non-hydrogen) atoms. The molecule has 0 saturated heterocycles. The molecule has 4 heteroatoms. The van der Waals surface area contributed by atoms with Crippen molar-refractivity contribution >= 4 is 11.5 Å². The lowest BCUT2D eigenvalue weighted by Crippen LogP contribution is -2.47. The van der Waals surface area contributed by atoms with Gasteiger partial charge in [-0.15, -0.1) is 0 Å². The number of fused-ring (bicyclic) bond motifs is 1. The number of aromatic nitrogens is 2. The van der Waals surface area contributed by atoms with Gasteiger partial charge in [-0.2, -0.15) is 5.10 Å². The Balaban J connectivity index is 1.98. The zero-order valence-corrected chi connectivity index (χ0v) is 9.59. The second-order valence-corrected chi connectivity index (χ2v) is 5.10. The van der Waals surface area contributed by atoms with Crippen LogP contribution < -0.4 is 10.6 Å². The summed E-state index contributed by atoms with van der Waals surface area (Å²) in [5, 5.41) is 11.6. The Morgan fingerprint density at radius 3 is 2.87 bits per heavy atom. The van der Waals surface area contributed by atoms with Gasteiger partial charge in [0.15, 0.2) is 0 Å². The van der Waals surface area contributed by atoms with Gasteiger partial charge in [0.05, 0.1) is 11.2 Å². The number of hydrogen-bond acceptors (Lipinski definition) is 3. The highest BCUT2D eigenvalue weighted by molar-refractivity contribution is 5.71. The predicted molar refractivity (Wildman–Crippen MR) is 61.2 cm³/mol. The van der Waals surface area contributed by atoms with Gasteiger partial charge < -0.3 is 10.6 Å². The van der Waals surface area contributed by atoms with Crippen LogP contribution >= 0.6 is 0 Å². The molecule has 1 aliphatic heterocycles. The number of hydrogen-bond donors (Lipinski definition) is 2. The summed E-state index contributed by atoms with van der Waals surface area (Å²) in [5.74, 6) is 1.97. The molecule has 3 rings (SSSR count). The maximum absolute atomic E-state index is 4.43. The normalized spacial score (nSPS) is 29.3. The van der Waals surface area contributed by atoms with Crippen molar-refractivity contribution < 1.29 is 0 Å². The summed E-state index contributed by atoms with van der Waals surface area (Å²) in [4.78, 5) is 0. The molecule has 0 bridgehead atoms. The van der Waals surface area contributed by atoms with Crippen LogP contribution in [-0.4, -0.2) is 21.9 Å². The number of nitrogens with zero attached hydrogens (tertiary/aromatic N) is 2. The molecule has 0 radical (unpaired) electrons. The van der Waals surface area contributed by atoms with E-state index in [1.807, 2.05) is 18.7 Å². The first-order valence-electron chi connectivity index (χ1n) is 5.66. The Kier molecular flexibility index (Phi) is 1.62. The van der Waals surface area contributed by atoms with Gasteiger partial charge >= 0.3 is 0 Å². The molecule has 1 unspecified atom stereocenters. The molecule has 2 N–H and O–H groups in total. The third-order valence-electron chi connectivity index (χ3n) is 3.74. The Hall–Kier alpha value is -1.19. The Bertz CT molecular complexity index is 405. The van der Waals surface area contributed by atoms with Gasteiger partial charge in [0, 0.05) is 13.6 Å². The van der Waals surface area contributed by atoms with E-state index in [1.165, 1.54) is 18.5 Å². The molecular weight excluding hydrogens is 188 g/mol. The van der Waals surface area contributed by atoms with E-state index in [0.717, 1.165) is 24.0 Å². The van der Waals surface area contributed by atoms with E-state index in [-0.39, 0.29) is 5.54 Å². The molecule has 0 spiro atoms. The molecular formula is C11H18N4. The number of nitrogens with one attached hydrogen (secondary N) is 2. The zero-order valence-electron chi connectivity index (χ0n) is 9.59. The standard InChI is InChI=1S/C11H18N4/c1-7-9-10(15(3)14-7)13-11(2,6-12-9)8-4-5-8/h8,12-13H,4-6H2,1-3H3. The first kappa shape index (κ1) is 9.07. The minimum absolute atomic E-state index is 0.216. The summed E-state index contributed by atoms with van der Waals surface area (Å²) in [6, 6.07) is 0. The summed E-state index contributed by atoms with van der Waals surface area (Å²) in [5.41, 5.74) is 2.47. The SMILES string of the molecule is Cc1nn(C)c2c1NCC(C)(C1CC1)N2. The fourth-order valence-electron chi connectivity index (χ4n) is 2.57. The average Bonchev–Trinajstić information content (AvgIpc) is 2.97. The number of anilines is 2. The molecule has 2 aliphatic rings. The Morgan fingerprint density at radius 1 is 1.47 bits per heavy atom. The van der Waals surface area contributed by atoms with Crippen molar-refractivity contribution in [2.75, 3.05) is 17.2 Å². The van der Waals surface area contributed by atoms with Gasteiger partial charge in [0.2, 0.25) is 0 Å². The Labute approximate surface area is 90.0 Å². The maximum atomic E-state index is 4.43. The summed E-state index contributed by atoms with van der Waals surface area (Å²) in [7, 11) is 2.00. The molecule has 1 aromatic heterocycles.